The third-order valence-electron chi connectivity index (χ3n) is 2.61. The van der Waals surface area contributed by atoms with Crippen LogP contribution in [0.15, 0.2) is 42.6 Å². The molecule has 2 aromatic rings. The summed E-state index contributed by atoms with van der Waals surface area (Å²) in [7, 11) is 0. The van der Waals surface area contributed by atoms with Gasteiger partial charge in [0, 0.05) is 11.1 Å². The Bertz CT molecular complexity index is 513. The second kappa shape index (κ2) is 5.85. The van der Waals surface area contributed by atoms with Crippen molar-refractivity contribution in [2.75, 3.05) is 0 Å². The van der Waals surface area contributed by atoms with Gasteiger partial charge < -0.3 is 10.5 Å². The fourth-order valence-electron chi connectivity index (χ4n) is 1.55. The molecule has 2 rings (SSSR count). The number of hydrogen-bond donors (Lipinski definition) is 1. The number of hydrogen-bond acceptors (Lipinski definition) is 3. The van der Waals surface area contributed by atoms with Crippen molar-refractivity contribution in [1.82, 2.24) is 4.98 Å². The first kappa shape index (κ1) is 12.9. The van der Waals surface area contributed by atoms with E-state index in [1.54, 1.807) is 18.3 Å². The SMILES string of the molecule is CC[C@H](N)c1ccc(Oc2cccc(Cl)c2)cn1. The van der Waals surface area contributed by atoms with Gasteiger partial charge in [-0.25, -0.2) is 0 Å². The standard InChI is InChI=1S/C14H15ClN2O/c1-2-13(16)14-7-6-12(9-17-14)18-11-5-3-4-10(15)8-11/h3-9,13H,2,16H2,1H3/t13-/m0/s1. The molecule has 0 saturated carbocycles. The number of ether oxygens (including phenoxy) is 1. The molecule has 0 saturated heterocycles. The van der Waals surface area contributed by atoms with E-state index in [9.17, 15) is 0 Å². The molecule has 1 atom stereocenters. The molecule has 0 unspecified atom stereocenters. The Morgan fingerprint density at radius 1 is 1.28 bits per heavy atom. The summed E-state index contributed by atoms with van der Waals surface area (Å²) in [6, 6.07) is 11.0. The van der Waals surface area contributed by atoms with Crippen molar-refractivity contribution in [3.05, 3.63) is 53.3 Å². The van der Waals surface area contributed by atoms with Gasteiger partial charge in [-0.15, -0.1) is 0 Å². The van der Waals surface area contributed by atoms with Gasteiger partial charge in [-0.2, -0.15) is 0 Å². The number of halogens is 1. The third kappa shape index (κ3) is 3.22. The zero-order chi connectivity index (χ0) is 13.0. The zero-order valence-electron chi connectivity index (χ0n) is 10.1. The first-order chi connectivity index (χ1) is 8.69. The Morgan fingerprint density at radius 2 is 2.11 bits per heavy atom. The minimum Gasteiger partial charge on any atom is -0.456 e. The van der Waals surface area contributed by atoms with E-state index in [0.717, 1.165) is 12.1 Å². The van der Waals surface area contributed by atoms with Gasteiger partial charge in [0.25, 0.3) is 0 Å². The molecular weight excluding hydrogens is 248 g/mol. The van der Waals surface area contributed by atoms with Gasteiger partial charge in [-0.1, -0.05) is 24.6 Å². The molecule has 4 heteroatoms. The number of benzene rings is 1. The van der Waals surface area contributed by atoms with Crippen molar-refractivity contribution < 1.29 is 4.74 Å². The van der Waals surface area contributed by atoms with Gasteiger partial charge in [0.2, 0.25) is 0 Å². The highest BCUT2D eigenvalue weighted by molar-refractivity contribution is 6.30. The van der Waals surface area contributed by atoms with Crippen LogP contribution in [0.25, 0.3) is 0 Å². The zero-order valence-corrected chi connectivity index (χ0v) is 10.9. The summed E-state index contributed by atoms with van der Waals surface area (Å²) in [5.41, 5.74) is 6.77. The lowest BCUT2D eigenvalue weighted by Crippen LogP contribution is -2.10. The Labute approximate surface area is 112 Å². The highest BCUT2D eigenvalue weighted by Gasteiger charge is 2.05. The molecule has 0 aliphatic heterocycles. The summed E-state index contributed by atoms with van der Waals surface area (Å²) < 4.78 is 5.64. The summed E-state index contributed by atoms with van der Waals surface area (Å²) in [5, 5.41) is 0.644. The van der Waals surface area contributed by atoms with Crippen LogP contribution in [0.5, 0.6) is 11.5 Å². The maximum absolute atomic E-state index is 5.90. The Balaban J connectivity index is 2.11. The van der Waals surface area contributed by atoms with Crippen LogP contribution >= 0.6 is 11.6 Å². The molecule has 18 heavy (non-hydrogen) atoms. The van der Waals surface area contributed by atoms with Gasteiger partial charge in [0.15, 0.2) is 0 Å². The van der Waals surface area contributed by atoms with Crippen LogP contribution in [0.1, 0.15) is 25.1 Å². The van der Waals surface area contributed by atoms with Gasteiger partial charge in [0.05, 0.1) is 11.9 Å². The predicted molar refractivity (Wildman–Crippen MR) is 73.0 cm³/mol. The lowest BCUT2D eigenvalue weighted by molar-refractivity contribution is 0.479. The monoisotopic (exact) mass is 262 g/mol. The molecule has 94 valence electrons. The maximum Gasteiger partial charge on any atom is 0.145 e. The average molecular weight is 263 g/mol. The van der Waals surface area contributed by atoms with Crippen molar-refractivity contribution >= 4 is 11.6 Å². The normalized spacial score (nSPS) is 12.2. The molecule has 0 aliphatic carbocycles. The highest BCUT2D eigenvalue weighted by Crippen LogP contribution is 2.24. The van der Waals surface area contributed by atoms with E-state index < -0.39 is 0 Å². The number of aromatic nitrogens is 1. The van der Waals surface area contributed by atoms with Gasteiger partial charge >= 0.3 is 0 Å². The summed E-state index contributed by atoms with van der Waals surface area (Å²) in [6.07, 6.45) is 2.53. The summed E-state index contributed by atoms with van der Waals surface area (Å²) in [5.74, 6) is 1.36. The molecule has 3 nitrogen and oxygen atoms in total. The molecule has 0 aliphatic rings. The first-order valence-electron chi connectivity index (χ1n) is 5.84. The molecular formula is C14H15ClN2O. The van der Waals surface area contributed by atoms with Crippen LogP contribution in [0, 0.1) is 0 Å². The van der Waals surface area contributed by atoms with Crippen molar-refractivity contribution in [1.29, 1.82) is 0 Å². The number of nitrogens with two attached hydrogens (primary N) is 1. The minimum absolute atomic E-state index is 0.0229. The lowest BCUT2D eigenvalue weighted by Gasteiger charge is -2.09. The fourth-order valence-corrected chi connectivity index (χ4v) is 1.73. The van der Waals surface area contributed by atoms with Crippen molar-refractivity contribution in [2.45, 2.75) is 19.4 Å². The number of pyridine rings is 1. The molecule has 1 heterocycles. The highest BCUT2D eigenvalue weighted by atomic mass is 35.5. The smallest absolute Gasteiger partial charge is 0.145 e. The molecule has 1 aromatic heterocycles. The van der Waals surface area contributed by atoms with E-state index in [-0.39, 0.29) is 6.04 Å². The van der Waals surface area contributed by atoms with Gasteiger partial charge in [-0.3, -0.25) is 4.98 Å². The van der Waals surface area contributed by atoms with Crippen LogP contribution in [0.2, 0.25) is 5.02 Å². The van der Waals surface area contributed by atoms with E-state index in [4.69, 9.17) is 22.1 Å². The Morgan fingerprint density at radius 3 is 2.72 bits per heavy atom. The molecule has 0 fully saturated rings. The van der Waals surface area contributed by atoms with E-state index in [2.05, 4.69) is 4.98 Å². The first-order valence-corrected chi connectivity index (χ1v) is 6.22. The Kier molecular flexibility index (Phi) is 4.18. The topological polar surface area (TPSA) is 48.1 Å². The predicted octanol–water partition coefficient (Wildman–Crippen LogP) is 3.94. The van der Waals surface area contributed by atoms with E-state index in [1.807, 2.05) is 31.2 Å². The van der Waals surface area contributed by atoms with Crippen molar-refractivity contribution in [2.24, 2.45) is 5.73 Å². The van der Waals surface area contributed by atoms with E-state index >= 15 is 0 Å². The van der Waals surface area contributed by atoms with E-state index in [0.29, 0.717) is 16.5 Å². The largest absolute Gasteiger partial charge is 0.456 e. The average Bonchev–Trinajstić information content (AvgIpc) is 2.39. The fraction of sp³-hybridized carbons (Fsp3) is 0.214. The van der Waals surface area contributed by atoms with Gasteiger partial charge in [-0.05, 0) is 36.8 Å². The second-order valence-corrected chi connectivity index (χ2v) is 4.43. The lowest BCUT2D eigenvalue weighted by atomic mass is 10.1. The number of nitrogens with zero attached hydrogens (tertiary/aromatic N) is 1. The molecule has 0 amide bonds. The second-order valence-electron chi connectivity index (χ2n) is 3.99. The van der Waals surface area contributed by atoms with Crippen LogP contribution in [-0.2, 0) is 0 Å². The quantitative estimate of drug-likeness (QED) is 0.908. The van der Waals surface area contributed by atoms with Crippen molar-refractivity contribution in [3.8, 4) is 11.5 Å². The molecule has 0 spiro atoms. The number of rotatable bonds is 4. The molecule has 0 bridgehead atoms. The molecule has 0 radical (unpaired) electrons. The Hall–Kier alpha value is -1.58. The van der Waals surface area contributed by atoms with Gasteiger partial charge in [0.1, 0.15) is 11.5 Å². The van der Waals surface area contributed by atoms with Crippen LogP contribution < -0.4 is 10.5 Å². The molecule has 1 aromatic carbocycles. The van der Waals surface area contributed by atoms with Crippen LogP contribution in [0.3, 0.4) is 0 Å². The molecule has 2 N–H and O–H groups in total. The third-order valence-corrected chi connectivity index (χ3v) is 2.85. The summed E-state index contributed by atoms with van der Waals surface area (Å²) in [4.78, 5) is 4.29. The van der Waals surface area contributed by atoms with E-state index in [1.165, 1.54) is 0 Å². The van der Waals surface area contributed by atoms with Crippen molar-refractivity contribution in [3.63, 3.8) is 0 Å². The maximum atomic E-state index is 5.90. The minimum atomic E-state index is -0.0229. The summed E-state index contributed by atoms with van der Waals surface area (Å²) >= 11 is 5.88. The summed E-state index contributed by atoms with van der Waals surface area (Å²) in [6.45, 7) is 2.03. The van der Waals surface area contributed by atoms with Crippen LogP contribution in [0.4, 0.5) is 0 Å². The van der Waals surface area contributed by atoms with Crippen LogP contribution in [-0.4, -0.2) is 4.98 Å².